The second-order valence-electron chi connectivity index (χ2n) is 6.45. The minimum Gasteiger partial charge on any atom is -0.495 e. The lowest BCUT2D eigenvalue weighted by Gasteiger charge is -2.14. The lowest BCUT2D eigenvalue weighted by Crippen LogP contribution is -2.36. The maximum atomic E-state index is 12.6. The number of thioether (sulfide) groups is 1. The van der Waals surface area contributed by atoms with Crippen molar-refractivity contribution in [2.45, 2.75) is 0 Å². The van der Waals surface area contributed by atoms with Crippen molar-refractivity contribution >= 4 is 46.5 Å². The number of para-hydroxylation sites is 2. The predicted octanol–water partition coefficient (Wildman–Crippen LogP) is 2.92. The highest BCUT2D eigenvalue weighted by atomic mass is 32.2. The molecule has 3 rings (SSSR count). The van der Waals surface area contributed by atoms with Gasteiger partial charge < -0.3 is 19.5 Å². The van der Waals surface area contributed by atoms with Crippen LogP contribution >= 0.6 is 11.8 Å². The van der Waals surface area contributed by atoms with Crippen LogP contribution in [0.25, 0.3) is 6.08 Å². The molecule has 10 heteroatoms. The Morgan fingerprint density at radius 1 is 1.06 bits per heavy atom. The summed E-state index contributed by atoms with van der Waals surface area (Å²) in [6.07, 6.45) is 1.55. The summed E-state index contributed by atoms with van der Waals surface area (Å²) in [4.78, 5) is 49.5. The van der Waals surface area contributed by atoms with Crippen LogP contribution in [-0.4, -0.2) is 55.3 Å². The van der Waals surface area contributed by atoms with Crippen molar-refractivity contribution in [1.82, 2.24) is 4.90 Å². The Morgan fingerprint density at radius 2 is 1.78 bits per heavy atom. The third kappa shape index (κ3) is 5.67. The number of hydrogen-bond donors (Lipinski definition) is 1. The number of nitrogens with zero attached hydrogens (tertiary/aromatic N) is 1. The van der Waals surface area contributed by atoms with Gasteiger partial charge >= 0.3 is 5.97 Å². The molecule has 1 saturated heterocycles. The van der Waals surface area contributed by atoms with Crippen LogP contribution in [0.1, 0.15) is 5.56 Å². The molecule has 166 valence electrons. The van der Waals surface area contributed by atoms with Crippen molar-refractivity contribution in [3.63, 3.8) is 0 Å². The molecule has 0 radical (unpaired) electrons. The van der Waals surface area contributed by atoms with Gasteiger partial charge in [-0.1, -0.05) is 24.3 Å². The molecule has 1 aliphatic rings. The molecule has 2 aromatic carbocycles. The largest absolute Gasteiger partial charge is 0.495 e. The molecule has 1 heterocycles. The summed E-state index contributed by atoms with van der Waals surface area (Å²) in [7, 11) is 2.74. The Morgan fingerprint density at radius 3 is 2.47 bits per heavy atom. The standard InChI is InChI=1S/C22H20N2O7S/c1-29-17-6-4-3-5-16(17)23-19(25)12-24-21(27)18(32-22(24)28)11-14-7-9-15(10-8-14)31-13-20(26)30-2/h3-11H,12-13H2,1-2H3,(H,23,25)/b18-11-. The molecule has 0 bridgehead atoms. The van der Waals surface area contributed by atoms with Gasteiger partial charge in [0.1, 0.15) is 18.0 Å². The molecule has 0 unspecified atom stereocenters. The predicted molar refractivity (Wildman–Crippen MR) is 118 cm³/mol. The van der Waals surface area contributed by atoms with Crippen molar-refractivity contribution in [3.8, 4) is 11.5 Å². The highest BCUT2D eigenvalue weighted by molar-refractivity contribution is 8.18. The van der Waals surface area contributed by atoms with E-state index in [4.69, 9.17) is 9.47 Å². The zero-order chi connectivity index (χ0) is 23.1. The van der Waals surface area contributed by atoms with Crippen LogP contribution in [0, 0.1) is 0 Å². The first-order chi connectivity index (χ1) is 15.4. The first-order valence-electron chi connectivity index (χ1n) is 9.39. The van der Waals surface area contributed by atoms with E-state index in [2.05, 4.69) is 10.1 Å². The number of carbonyl (C=O) groups excluding carboxylic acids is 4. The molecular formula is C22H20N2O7S. The Balaban J connectivity index is 1.63. The third-order valence-electron chi connectivity index (χ3n) is 4.32. The number of amides is 3. The van der Waals surface area contributed by atoms with E-state index in [1.165, 1.54) is 14.2 Å². The molecule has 1 N–H and O–H groups in total. The number of rotatable bonds is 8. The van der Waals surface area contributed by atoms with Crippen LogP contribution in [0.5, 0.6) is 11.5 Å². The van der Waals surface area contributed by atoms with Crippen LogP contribution in [0.4, 0.5) is 10.5 Å². The number of hydrogen-bond acceptors (Lipinski definition) is 8. The minimum absolute atomic E-state index is 0.198. The van der Waals surface area contributed by atoms with Gasteiger partial charge in [0, 0.05) is 0 Å². The third-order valence-corrected chi connectivity index (χ3v) is 5.23. The van der Waals surface area contributed by atoms with Gasteiger partial charge in [-0.05, 0) is 47.7 Å². The van der Waals surface area contributed by atoms with E-state index < -0.39 is 29.6 Å². The SMILES string of the molecule is COC(=O)COc1ccc(/C=C2\SC(=O)N(CC(=O)Nc3ccccc3OC)C2=O)cc1. The molecule has 3 amide bonds. The van der Waals surface area contributed by atoms with Gasteiger partial charge in [-0.15, -0.1) is 0 Å². The normalized spacial score (nSPS) is 14.4. The molecule has 9 nitrogen and oxygen atoms in total. The summed E-state index contributed by atoms with van der Waals surface area (Å²) in [6.45, 7) is -0.633. The van der Waals surface area contributed by atoms with E-state index in [0.717, 1.165) is 16.7 Å². The number of ether oxygens (including phenoxy) is 3. The number of benzene rings is 2. The van der Waals surface area contributed by atoms with Gasteiger partial charge in [0.2, 0.25) is 5.91 Å². The molecular weight excluding hydrogens is 436 g/mol. The topological polar surface area (TPSA) is 111 Å². The van der Waals surface area contributed by atoms with Gasteiger partial charge in [0.15, 0.2) is 6.61 Å². The Kier molecular flexibility index (Phi) is 7.50. The molecule has 0 aromatic heterocycles. The smallest absolute Gasteiger partial charge is 0.343 e. The van der Waals surface area contributed by atoms with Gasteiger partial charge in [-0.3, -0.25) is 19.3 Å². The summed E-state index contributed by atoms with van der Waals surface area (Å²) >= 11 is 0.755. The van der Waals surface area contributed by atoms with Crippen LogP contribution < -0.4 is 14.8 Å². The fraction of sp³-hybridized carbons (Fsp3) is 0.182. The monoisotopic (exact) mass is 456 g/mol. The van der Waals surface area contributed by atoms with Gasteiger partial charge in [0.05, 0.1) is 24.8 Å². The Bertz CT molecular complexity index is 1070. The van der Waals surface area contributed by atoms with Crippen molar-refractivity contribution in [2.24, 2.45) is 0 Å². The molecule has 0 aliphatic carbocycles. The lowest BCUT2D eigenvalue weighted by molar-refractivity contribution is -0.142. The van der Waals surface area contributed by atoms with Crippen molar-refractivity contribution in [3.05, 3.63) is 59.0 Å². The molecule has 32 heavy (non-hydrogen) atoms. The maximum absolute atomic E-state index is 12.6. The van der Waals surface area contributed by atoms with Crippen LogP contribution in [0.15, 0.2) is 53.4 Å². The van der Waals surface area contributed by atoms with Crippen molar-refractivity contribution in [2.75, 3.05) is 32.7 Å². The first-order valence-corrected chi connectivity index (χ1v) is 10.2. The summed E-state index contributed by atoms with van der Waals surface area (Å²) < 4.78 is 14.9. The summed E-state index contributed by atoms with van der Waals surface area (Å²) in [6, 6.07) is 13.4. The zero-order valence-electron chi connectivity index (χ0n) is 17.3. The number of nitrogens with one attached hydrogen (secondary N) is 1. The molecule has 0 saturated carbocycles. The zero-order valence-corrected chi connectivity index (χ0v) is 18.1. The van der Waals surface area contributed by atoms with Gasteiger partial charge in [-0.2, -0.15) is 0 Å². The second-order valence-corrected chi connectivity index (χ2v) is 7.44. The highest BCUT2D eigenvalue weighted by Gasteiger charge is 2.36. The average molecular weight is 456 g/mol. The minimum atomic E-state index is -0.554. The second kappa shape index (κ2) is 10.5. The van der Waals surface area contributed by atoms with Crippen LogP contribution in [-0.2, 0) is 19.1 Å². The van der Waals surface area contributed by atoms with Gasteiger partial charge in [0.25, 0.3) is 11.1 Å². The van der Waals surface area contributed by atoms with E-state index in [0.29, 0.717) is 22.7 Å². The van der Waals surface area contributed by atoms with Crippen molar-refractivity contribution < 1.29 is 33.4 Å². The van der Waals surface area contributed by atoms with E-state index in [1.807, 2.05) is 0 Å². The fourth-order valence-corrected chi connectivity index (χ4v) is 3.57. The van der Waals surface area contributed by atoms with E-state index in [1.54, 1.807) is 54.6 Å². The molecule has 0 spiro atoms. The number of imide groups is 1. The average Bonchev–Trinajstić information content (AvgIpc) is 3.05. The number of esters is 1. The Labute approximate surface area is 188 Å². The van der Waals surface area contributed by atoms with Crippen LogP contribution in [0.2, 0.25) is 0 Å². The number of anilines is 1. The molecule has 1 aliphatic heterocycles. The molecule has 2 aromatic rings. The summed E-state index contributed by atoms with van der Waals surface area (Å²) in [5, 5.41) is 2.11. The summed E-state index contributed by atoms with van der Waals surface area (Å²) in [5.74, 6) is -0.661. The first kappa shape index (κ1) is 22.9. The van der Waals surface area contributed by atoms with E-state index >= 15 is 0 Å². The molecule has 1 fully saturated rings. The Hall–Kier alpha value is -3.79. The lowest BCUT2D eigenvalue weighted by atomic mass is 10.2. The van der Waals surface area contributed by atoms with E-state index in [9.17, 15) is 19.2 Å². The fourth-order valence-electron chi connectivity index (χ4n) is 2.73. The maximum Gasteiger partial charge on any atom is 0.343 e. The van der Waals surface area contributed by atoms with Gasteiger partial charge in [-0.25, -0.2) is 4.79 Å². The molecule has 0 atom stereocenters. The van der Waals surface area contributed by atoms with Crippen molar-refractivity contribution in [1.29, 1.82) is 0 Å². The van der Waals surface area contributed by atoms with Crippen LogP contribution in [0.3, 0.4) is 0 Å². The van der Waals surface area contributed by atoms with E-state index in [-0.39, 0.29) is 11.5 Å². The number of methoxy groups -OCH3 is 2. The quantitative estimate of drug-likeness (QED) is 0.477. The highest BCUT2D eigenvalue weighted by Crippen LogP contribution is 2.32. The summed E-state index contributed by atoms with van der Waals surface area (Å²) in [5.41, 5.74) is 1.09. The number of carbonyl (C=O) groups is 4.